The van der Waals surface area contributed by atoms with Gasteiger partial charge in [0.15, 0.2) is 5.82 Å². The molecule has 1 atom stereocenters. The maximum atomic E-state index is 12.9. The number of piperidine rings is 1. The lowest BCUT2D eigenvalue weighted by Gasteiger charge is -2.34. The average Bonchev–Trinajstić information content (AvgIpc) is 3.33. The van der Waals surface area contributed by atoms with Crippen LogP contribution in [0.25, 0.3) is 5.69 Å². The molecule has 0 aliphatic carbocycles. The van der Waals surface area contributed by atoms with E-state index in [4.69, 9.17) is 0 Å². The molecule has 0 spiro atoms. The van der Waals surface area contributed by atoms with Crippen molar-refractivity contribution in [2.24, 2.45) is 0 Å². The van der Waals surface area contributed by atoms with E-state index in [1.807, 2.05) is 57.3 Å². The van der Waals surface area contributed by atoms with Crippen molar-refractivity contribution < 1.29 is 4.79 Å². The number of nitrogens with zero attached hydrogens (tertiary/aromatic N) is 4. The minimum Gasteiger partial charge on any atom is -0.328 e. The Bertz CT molecular complexity index is 813. The summed E-state index contributed by atoms with van der Waals surface area (Å²) in [7, 11) is 0. The molecule has 24 heavy (non-hydrogen) atoms. The molecule has 0 radical (unpaired) electrons. The Labute approximate surface area is 144 Å². The zero-order valence-electron chi connectivity index (χ0n) is 13.2. The minimum atomic E-state index is -0.0314. The van der Waals surface area contributed by atoms with Gasteiger partial charge < -0.3 is 4.90 Å². The molecule has 1 saturated heterocycles. The first-order valence-corrected chi connectivity index (χ1v) is 9.02. The molecular weight excluding hydrogens is 320 g/mol. The lowest BCUT2D eigenvalue weighted by molar-refractivity contribution is 0.0602. The topological polar surface area (TPSA) is 51.0 Å². The number of aromatic nitrogens is 3. The Morgan fingerprint density at radius 3 is 2.79 bits per heavy atom. The van der Waals surface area contributed by atoms with Gasteiger partial charge in [-0.05, 0) is 42.8 Å². The summed E-state index contributed by atoms with van der Waals surface area (Å²) in [5, 5.41) is 10.4. The van der Waals surface area contributed by atoms with Crippen molar-refractivity contribution in [3.05, 3.63) is 64.9 Å². The molecule has 0 N–H and O–H groups in total. The molecule has 0 bridgehead atoms. The van der Waals surface area contributed by atoms with Gasteiger partial charge in [0.1, 0.15) is 6.33 Å². The van der Waals surface area contributed by atoms with Crippen LogP contribution in [0, 0.1) is 0 Å². The summed E-state index contributed by atoms with van der Waals surface area (Å²) in [6.45, 7) is 0.767. The highest BCUT2D eigenvalue weighted by atomic mass is 32.1. The second kappa shape index (κ2) is 6.57. The molecule has 4 rings (SSSR count). The lowest BCUT2D eigenvalue weighted by Crippen LogP contribution is -2.39. The van der Waals surface area contributed by atoms with Gasteiger partial charge in [0.05, 0.1) is 10.9 Å². The molecule has 5 nitrogen and oxygen atoms in total. The number of rotatable bonds is 3. The Kier molecular flexibility index (Phi) is 4.13. The molecule has 0 unspecified atom stereocenters. The number of benzene rings is 1. The third-order valence-electron chi connectivity index (χ3n) is 4.40. The normalized spacial score (nSPS) is 17.8. The maximum Gasteiger partial charge on any atom is 0.264 e. The molecule has 1 aliphatic heterocycles. The predicted molar refractivity (Wildman–Crippen MR) is 93.3 cm³/mol. The first-order valence-electron chi connectivity index (χ1n) is 8.14. The Balaban J connectivity index is 1.70. The Morgan fingerprint density at radius 2 is 2.00 bits per heavy atom. The predicted octanol–water partition coefficient (Wildman–Crippen LogP) is 3.70. The van der Waals surface area contributed by atoms with Crippen molar-refractivity contribution in [2.45, 2.75) is 25.3 Å². The van der Waals surface area contributed by atoms with E-state index in [-0.39, 0.29) is 11.9 Å². The van der Waals surface area contributed by atoms with Gasteiger partial charge in [-0.2, -0.15) is 0 Å². The van der Waals surface area contributed by atoms with Gasteiger partial charge >= 0.3 is 0 Å². The number of carbonyl (C=O) groups excluding carboxylic acids is 1. The van der Waals surface area contributed by atoms with Crippen molar-refractivity contribution in [1.29, 1.82) is 0 Å². The second-order valence-corrected chi connectivity index (χ2v) is 6.83. The van der Waals surface area contributed by atoms with Crippen molar-refractivity contribution in [3.8, 4) is 5.69 Å². The number of hydrogen-bond donors (Lipinski definition) is 0. The quantitative estimate of drug-likeness (QED) is 0.732. The first kappa shape index (κ1) is 15.1. The van der Waals surface area contributed by atoms with E-state index in [0.29, 0.717) is 0 Å². The highest BCUT2D eigenvalue weighted by Gasteiger charge is 2.32. The fourth-order valence-electron chi connectivity index (χ4n) is 3.24. The van der Waals surface area contributed by atoms with E-state index >= 15 is 0 Å². The van der Waals surface area contributed by atoms with Gasteiger partial charge in [-0.15, -0.1) is 21.5 Å². The molecule has 2 aromatic heterocycles. The molecule has 1 aromatic carbocycles. The van der Waals surface area contributed by atoms with Crippen LogP contribution in [0.1, 0.15) is 40.8 Å². The van der Waals surface area contributed by atoms with Crippen LogP contribution in [0.15, 0.2) is 54.2 Å². The molecule has 0 saturated carbocycles. The third-order valence-corrected chi connectivity index (χ3v) is 5.26. The van der Waals surface area contributed by atoms with Crippen LogP contribution in [0.5, 0.6) is 0 Å². The smallest absolute Gasteiger partial charge is 0.264 e. The number of para-hydroxylation sites is 1. The minimum absolute atomic E-state index is 0.0314. The fourth-order valence-corrected chi connectivity index (χ4v) is 3.92. The van der Waals surface area contributed by atoms with Gasteiger partial charge in [-0.3, -0.25) is 9.36 Å². The standard InChI is InChI=1S/C18H18N4OS/c23-18(16-10-6-12-24-16)21-11-5-4-9-15(21)17-20-19-13-22(17)14-7-2-1-3-8-14/h1-3,6-8,10,12-13,15H,4-5,9,11H2/t15-/m1/s1. The summed E-state index contributed by atoms with van der Waals surface area (Å²) in [5.41, 5.74) is 1.02. The number of thiophene rings is 1. The Morgan fingerprint density at radius 1 is 1.12 bits per heavy atom. The zero-order chi connectivity index (χ0) is 16.4. The monoisotopic (exact) mass is 338 g/mol. The summed E-state index contributed by atoms with van der Waals surface area (Å²) in [4.78, 5) is 15.6. The van der Waals surface area contributed by atoms with Crippen LogP contribution in [-0.4, -0.2) is 32.1 Å². The van der Waals surface area contributed by atoms with Crippen LogP contribution in [-0.2, 0) is 0 Å². The van der Waals surface area contributed by atoms with Crippen LogP contribution in [0.4, 0.5) is 0 Å². The molecule has 1 fully saturated rings. The van der Waals surface area contributed by atoms with E-state index in [1.54, 1.807) is 6.33 Å². The largest absolute Gasteiger partial charge is 0.328 e. The van der Waals surface area contributed by atoms with Crippen LogP contribution >= 0.6 is 11.3 Å². The molecule has 6 heteroatoms. The van der Waals surface area contributed by atoms with Gasteiger partial charge in [0.25, 0.3) is 5.91 Å². The zero-order valence-corrected chi connectivity index (χ0v) is 14.0. The summed E-state index contributed by atoms with van der Waals surface area (Å²) < 4.78 is 1.99. The van der Waals surface area contributed by atoms with E-state index in [9.17, 15) is 4.79 Å². The molecule has 3 heterocycles. The van der Waals surface area contributed by atoms with Gasteiger partial charge in [-0.1, -0.05) is 24.3 Å². The van der Waals surface area contributed by atoms with Crippen LogP contribution in [0.3, 0.4) is 0 Å². The van der Waals surface area contributed by atoms with Crippen molar-refractivity contribution in [1.82, 2.24) is 19.7 Å². The number of amides is 1. The average molecular weight is 338 g/mol. The number of carbonyl (C=O) groups is 1. The van der Waals surface area contributed by atoms with Gasteiger partial charge in [0, 0.05) is 12.2 Å². The summed E-state index contributed by atoms with van der Waals surface area (Å²) in [6.07, 6.45) is 4.78. The van der Waals surface area contributed by atoms with Crippen molar-refractivity contribution in [2.75, 3.05) is 6.54 Å². The molecule has 3 aromatic rings. The van der Waals surface area contributed by atoms with Gasteiger partial charge in [0.2, 0.25) is 0 Å². The fraction of sp³-hybridized carbons (Fsp3) is 0.278. The molecule has 1 amide bonds. The first-order chi connectivity index (χ1) is 11.8. The maximum absolute atomic E-state index is 12.9. The van der Waals surface area contributed by atoms with E-state index in [1.165, 1.54) is 11.3 Å². The molecule has 122 valence electrons. The highest BCUT2D eigenvalue weighted by Crippen LogP contribution is 2.32. The second-order valence-electron chi connectivity index (χ2n) is 5.88. The number of likely N-dealkylation sites (tertiary alicyclic amines) is 1. The van der Waals surface area contributed by atoms with Crippen LogP contribution in [0.2, 0.25) is 0 Å². The van der Waals surface area contributed by atoms with Crippen LogP contribution < -0.4 is 0 Å². The van der Waals surface area contributed by atoms with Crippen molar-refractivity contribution >= 4 is 17.2 Å². The van der Waals surface area contributed by atoms with E-state index < -0.39 is 0 Å². The number of hydrogen-bond acceptors (Lipinski definition) is 4. The lowest BCUT2D eigenvalue weighted by atomic mass is 10.0. The molecule has 1 aliphatic rings. The summed E-state index contributed by atoms with van der Waals surface area (Å²) >= 11 is 1.49. The third kappa shape index (κ3) is 2.73. The SMILES string of the molecule is O=C(c1cccs1)N1CCCC[C@@H]1c1nncn1-c1ccccc1. The van der Waals surface area contributed by atoms with Gasteiger partial charge in [-0.25, -0.2) is 0 Å². The Hall–Kier alpha value is -2.47. The summed E-state index contributed by atoms with van der Waals surface area (Å²) in [5.74, 6) is 0.933. The molecular formula is C18H18N4OS. The van der Waals surface area contributed by atoms with E-state index in [2.05, 4.69) is 10.2 Å². The van der Waals surface area contributed by atoms with Crippen molar-refractivity contribution in [3.63, 3.8) is 0 Å². The highest BCUT2D eigenvalue weighted by molar-refractivity contribution is 7.12. The summed E-state index contributed by atoms with van der Waals surface area (Å²) in [6, 6.07) is 13.8. The van der Waals surface area contributed by atoms with E-state index in [0.717, 1.165) is 42.2 Å².